The zero-order valence-electron chi connectivity index (χ0n) is 22.1. The lowest BCUT2D eigenvalue weighted by Gasteiger charge is -2.11. The van der Waals surface area contributed by atoms with Crippen LogP contribution in [0.3, 0.4) is 0 Å². The molecule has 2 N–H and O–H groups in total. The number of aromatic nitrogens is 2. The third kappa shape index (κ3) is 10.3. The van der Waals surface area contributed by atoms with Crippen LogP contribution in [0.5, 0.6) is 11.6 Å². The molecule has 0 unspecified atom stereocenters. The topological polar surface area (TPSA) is 71.4 Å². The summed E-state index contributed by atoms with van der Waals surface area (Å²) < 4.78 is 5.93. The van der Waals surface area contributed by atoms with Crippen molar-refractivity contribution < 1.29 is 4.74 Å². The second-order valence-corrected chi connectivity index (χ2v) is 7.14. The predicted molar refractivity (Wildman–Crippen MR) is 152 cm³/mol. The molecule has 1 aromatic heterocycles. The van der Waals surface area contributed by atoms with Gasteiger partial charge in [0.15, 0.2) is 0 Å². The summed E-state index contributed by atoms with van der Waals surface area (Å²) in [6.45, 7) is 18.4. The van der Waals surface area contributed by atoms with Gasteiger partial charge in [-0.05, 0) is 82.3 Å². The second kappa shape index (κ2) is 16.6. The Morgan fingerprint density at radius 3 is 2.34 bits per heavy atom. The van der Waals surface area contributed by atoms with Crippen molar-refractivity contribution in [1.82, 2.24) is 9.97 Å². The molecule has 0 aliphatic carbocycles. The van der Waals surface area contributed by atoms with E-state index >= 15 is 0 Å². The predicted octanol–water partition coefficient (Wildman–Crippen LogP) is 8.34. The SMILES string of the molecule is C/C=C\C.C=Cc1cc(Oc2ccnc(Nc3ccc(C)c(C)c3)n2)ccc1NC/N=C\C.CC. The molecule has 0 atom stereocenters. The molecule has 6 heteroatoms. The van der Waals surface area contributed by atoms with Crippen LogP contribution in [-0.2, 0) is 0 Å². The third-order valence-electron chi connectivity index (χ3n) is 4.74. The van der Waals surface area contributed by atoms with Crippen LogP contribution in [0.15, 0.2) is 72.4 Å². The molecule has 35 heavy (non-hydrogen) atoms. The van der Waals surface area contributed by atoms with Crippen LogP contribution in [-0.4, -0.2) is 22.9 Å². The van der Waals surface area contributed by atoms with Crippen molar-refractivity contribution in [1.29, 1.82) is 0 Å². The Balaban J connectivity index is 0.000000926. The first kappa shape index (κ1) is 29.1. The molecule has 0 saturated carbocycles. The van der Waals surface area contributed by atoms with Gasteiger partial charge in [0.25, 0.3) is 0 Å². The third-order valence-corrected chi connectivity index (χ3v) is 4.74. The summed E-state index contributed by atoms with van der Waals surface area (Å²) in [6, 6.07) is 13.6. The Morgan fingerprint density at radius 2 is 1.71 bits per heavy atom. The summed E-state index contributed by atoms with van der Waals surface area (Å²) in [4.78, 5) is 12.9. The molecule has 0 spiro atoms. The molecule has 0 amide bonds. The van der Waals surface area contributed by atoms with Gasteiger partial charge in [-0.25, -0.2) is 4.98 Å². The van der Waals surface area contributed by atoms with Crippen LogP contribution >= 0.6 is 0 Å². The van der Waals surface area contributed by atoms with Gasteiger partial charge >= 0.3 is 0 Å². The van der Waals surface area contributed by atoms with Gasteiger partial charge in [0.2, 0.25) is 11.8 Å². The largest absolute Gasteiger partial charge is 0.439 e. The molecule has 0 saturated heterocycles. The number of aryl methyl sites for hydroxylation is 2. The van der Waals surface area contributed by atoms with Crippen LogP contribution in [0.25, 0.3) is 6.08 Å². The second-order valence-electron chi connectivity index (χ2n) is 7.14. The summed E-state index contributed by atoms with van der Waals surface area (Å²) in [5.74, 6) is 1.60. The Bertz CT molecular complexity index is 1100. The van der Waals surface area contributed by atoms with Gasteiger partial charge in [-0.2, -0.15) is 4.98 Å². The van der Waals surface area contributed by atoms with Crippen molar-refractivity contribution in [2.24, 2.45) is 4.99 Å². The average molecular weight is 474 g/mol. The van der Waals surface area contributed by atoms with Gasteiger partial charge in [-0.3, -0.25) is 4.99 Å². The smallest absolute Gasteiger partial charge is 0.230 e. The van der Waals surface area contributed by atoms with E-state index in [1.807, 2.05) is 71.0 Å². The van der Waals surface area contributed by atoms with Gasteiger partial charge in [0.1, 0.15) is 12.4 Å². The first-order valence-corrected chi connectivity index (χ1v) is 11.9. The van der Waals surface area contributed by atoms with Gasteiger partial charge in [0, 0.05) is 29.2 Å². The summed E-state index contributed by atoms with van der Waals surface area (Å²) in [6.07, 6.45) is 9.20. The maximum atomic E-state index is 5.93. The lowest BCUT2D eigenvalue weighted by atomic mass is 10.1. The summed E-state index contributed by atoms with van der Waals surface area (Å²) in [5.41, 5.74) is 5.25. The average Bonchev–Trinajstić information content (AvgIpc) is 2.88. The molecule has 0 aliphatic heterocycles. The number of anilines is 3. The number of rotatable bonds is 8. The molecular formula is C29H39N5O. The Labute approximate surface area is 210 Å². The van der Waals surface area contributed by atoms with E-state index in [0.717, 1.165) is 16.9 Å². The van der Waals surface area contributed by atoms with Crippen molar-refractivity contribution in [2.75, 3.05) is 17.3 Å². The molecule has 0 radical (unpaired) electrons. The fourth-order valence-electron chi connectivity index (χ4n) is 2.68. The molecule has 186 valence electrons. The van der Waals surface area contributed by atoms with Crippen molar-refractivity contribution >= 4 is 29.6 Å². The Hall–Kier alpha value is -3.93. The minimum absolute atomic E-state index is 0.456. The van der Waals surface area contributed by atoms with Gasteiger partial charge in [0.05, 0.1) is 0 Å². The summed E-state index contributed by atoms with van der Waals surface area (Å²) in [5, 5.41) is 6.46. The monoisotopic (exact) mass is 473 g/mol. The number of benzene rings is 2. The van der Waals surface area contributed by atoms with Crippen molar-refractivity contribution in [3.05, 3.63) is 84.1 Å². The number of hydrogen-bond donors (Lipinski definition) is 2. The normalized spacial score (nSPS) is 10.1. The number of hydrogen-bond acceptors (Lipinski definition) is 6. The van der Waals surface area contributed by atoms with Crippen molar-refractivity contribution in [3.8, 4) is 11.6 Å². The quantitative estimate of drug-likeness (QED) is 0.254. The summed E-state index contributed by atoms with van der Waals surface area (Å²) in [7, 11) is 0. The van der Waals surface area contributed by atoms with Gasteiger partial charge in [-0.1, -0.05) is 44.7 Å². The standard InChI is InChI=1S/C23H25N5O.C4H8.C2H6/c1-5-18-14-20(9-10-21(18)26-15-24-6-2)29-22-11-12-25-23(28-22)27-19-8-7-16(3)17(4)13-19;1-3-4-2;1-2/h5-14,26H,1,15H2,2-4H3,(H,25,27,28);3-4H,1-2H3;1-2H3/b24-6-;4-3-;. The number of aliphatic imine (C=N–C) groups is 1. The fraction of sp³-hybridized carbons (Fsp3) is 0.276. The molecule has 1 heterocycles. The number of ether oxygens (including phenoxy) is 1. The number of nitrogens with zero attached hydrogens (tertiary/aromatic N) is 3. The van der Waals surface area contributed by atoms with Gasteiger partial charge < -0.3 is 15.4 Å². The molecule has 0 bridgehead atoms. The van der Waals surface area contributed by atoms with E-state index in [9.17, 15) is 0 Å². The first-order chi connectivity index (χ1) is 17.0. The van der Waals surface area contributed by atoms with E-state index in [4.69, 9.17) is 4.74 Å². The minimum Gasteiger partial charge on any atom is -0.439 e. The van der Waals surface area contributed by atoms with E-state index in [2.05, 4.69) is 58.2 Å². The molecule has 6 nitrogen and oxygen atoms in total. The highest BCUT2D eigenvalue weighted by molar-refractivity contribution is 5.68. The first-order valence-electron chi connectivity index (χ1n) is 11.9. The van der Waals surface area contributed by atoms with Gasteiger partial charge in [-0.15, -0.1) is 0 Å². The zero-order valence-corrected chi connectivity index (χ0v) is 22.1. The molecule has 2 aromatic carbocycles. The van der Waals surface area contributed by atoms with Crippen LogP contribution in [0.1, 0.15) is 51.3 Å². The minimum atomic E-state index is 0.456. The van der Waals surface area contributed by atoms with Crippen LogP contribution < -0.4 is 15.4 Å². The maximum absolute atomic E-state index is 5.93. The Kier molecular flexibility index (Phi) is 13.8. The van der Waals surface area contributed by atoms with E-state index in [1.54, 1.807) is 24.6 Å². The maximum Gasteiger partial charge on any atom is 0.230 e. The van der Waals surface area contributed by atoms with E-state index in [1.165, 1.54) is 11.1 Å². The fourth-order valence-corrected chi connectivity index (χ4v) is 2.68. The highest BCUT2D eigenvalue weighted by Crippen LogP contribution is 2.27. The van der Waals surface area contributed by atoms with Crippen LogP contribution in [0, 0.1) is 13.8 Å². The molecular weight excluding hydrogens is 434 g/mol. The van der Waals surface area contributed by atoms with Crippen LogP contribution in [0.4, 0.5) is 17.3 Å². The summed E-state index contributed by atoms with van der Waals surface area (Å²) >= 11 is 0. The Morgan fingerprint density at radius 1 is 0.971 bits per heavy atom. The number of allylic oxidation sites excluding steroid dienone is 2. The van der Waals surface area contributed by atoms with E-state index in [0.29, 0.717) is 24.2 Å². The molecule has 0 aliphatic rings. The number of nitrogens with one attached hydrogen (secondary N) is 2. The van der Waals surface area contributed by atoms with E-state index in [-0.39, 0.29) is 0 Å². The highest BCUT2D eigenvalue weighted by atomic mass is 16.5. The lowest BCUT2D eigenvalue weighted by Crippen LogP contribution is -2.01. The highest BCUT2D eigenvalue weighted by Gasteiger charge is 2.06. The lowest BCUT2D eigenvalue weighted by molar-refractivity contribution is 0.462. The molecule has 0 fully saturated rings. The van der Waals surface area contributed by atoms with Crippen molar-refractivity contribution in [2.45, 2.75) is 48.5 Å². The zero-order chi connectivity index (χ0) is 26.1. The molecule has 3 aromatic rings. The molecule has 3 rings (SSSR count). The van der Waals surface area contributed by atoms with Crippen LogP contribution in [0.2, 0.25) is 0 Å². The van der Waals surface area contributed by atoms with Crippen molar-refractivity contribution in [3.63, 3.8) is 0 Å². The van der Waals surface area contributed by atoms with E-state index < -0.39 is 0 Å².